The van der Waals surface area contributed by atoms with Gasteiger partial charge >= 0.3 is 27.7 Å². The molecule has 2 heterocycles. The van der Waals surface area contributed by atoms with E-state index in [4.69, 9.17) is 5.73 Å². The summed E-state index contributed by atoms with van der Waals surface area (Å²) in [4.78, 5) is 15.4. The summed E-state index contributed by atoms with van der Waals surface area (Å²) in [5, 5.41) is 0. The number of nitrogens with zero attached hydrogens (tertiary/aromatic N) is 4. The first-order valence-electron chi connectivity index (χ1n) is 2.87. The minimum Gasteiger partial charge on any atom is -0.432 e. The standard InChI is InChI=1S/C5H4N5S.Hg/c6-5-9-3-2(4(11)10-5)7-1-8-3;/h1H,(H3-,6,7,8,9,10,11);/q-1;+2. The first kappa shape index (κ1) is 9.59. The molecular formula is C5H4HgN5S+. The number of anilines is 1. The van der Waals surface area contributed by atoms with Crippen LogP contribution in [0, 0.1) is 4.64 Å². The van der Waals surface area contributed by atoms with Gasteiger partial charge < -0.3 is 20.7 Å². The molecule has 0 bridgehead atoms. The molecule has 0 atom stereocenters. The average molecular weight is 367 g/mol. The molecule has 0 amide bonds. The van der Waals surface area contributed by atoms with Crippen LogP contribution in [0.4, 0.5) is 5.95 Å². The van der Waals surface area contributed by atoms with Crippen LogP contribution in [0.5, 0.6) is 0 Å². The normalized spacial score (nSPS) is 9.67. The number of aromatic nitrogens is 4. The Kier molecular flexibility index (Phi) is 2.78. The second-order valence-corrected chi connectivity index (χ2v) is 2.37. The number of thiol groups is 1. The minimum absolute atomic E-state index is 0. The number of fused-ring (bicyclic) bond motifs is 1. The Labute approximate surface area is 93.3 Å². The van der Waals surface area contributed by atoms with Crippen molar-refractivity contribution in [3.63, 3.8) is 0 Å². The third-order valence-corrected chi connectivity index (χ3v) is 1.54. The summed E-state index contributed by atoms with van der Waals surface area (Å²) in [7, 11) is 0. The molecule has 0 aliphatic carbocycles. The zero-order valence-electron chi connectivity index (χ0n) is 6.10. The second kappa shape index (κ2) is 3.48. The Balaban J connectivity index is 0.000000720. The van der Waals surface area contributed by atoms with Crippen molar-refractivity contribution < 1.29 is 27.7 Å². The predicted octanol–water partition coefficient (Wildman–Crippen LogP) is -1.06. The van der Waals surface area contributed by atoms with Gasteiger partial charge in [-0.05, 0) is 6.33 Å². The molecule has 0 aliphatic heterocycles. The van der Waals surface area contributed by atoms with Crippen molar-refractivity contribution in [1.82, 2.24) is 19.9 Å². The van der Waals surface area contributed by atoms with Crippen LogP contribution in [-0.4, -0.2) is 9.97 Å². The average Bonchev–Trinajstić information content (AvgIpc) is 2.34. The topological polar surface area (TPSA) is 80.0 Å². The van der Waals surface area contributed by atoms with Gasteiger partial charge in [-0.3, -0.25) is 4.98 Å². The molecule has 2 N–H and O–H groups in total. The van der Waals surface area contributed by atoms with Gasteiger partial charge in [-0.2, -0.15) is 0 Å². The van der Waals surface area contributed by atoms with E-state index in [-0.39, 0.29) is 33.6 Å². The van der Waals surface area contributed by atoms with Gasteiger partial charge in [0, 0.05) is 0 Å². The van der Waals surface area contributed by atoms with Crippen LogP contribution in [0.2, 0.25) is 0 Å². The molecule has 0 saturated carbocycles. The summed E-state index contributed by atoms with van der Waals surface area (Å²) in [6.45, 7) is 0. The van der Waals surface area contributed by atoms with Gasteiger partial charge in [-0.25, -0.2) is 0 Å². The van der Waals surface area contributed by atoms with Gasteiger partial charge in [0.1, 0.15) is 0 Å². The van der Waals surface area contributed by atoms with E-state index >= 15 is 0 Å². The SMILES string of the molecule is Nc1nc(=[SH+])c2[n-]cnc2[n-]1.[Hg+2]. The molecule has 0 aliphatic rings. The maximum atomic E-state index is 5.34. The van der Waals surface area contributed by atoms with Crippen molar-refractivity contribution in [3.05, 3.63) is 11.0 Å². The fraction of sp³-hybridized carbons (Fsp3) is 0. The van der Waals surface area contributed by atoms with Gasteiger partial charge in [0.05, 0.1) is 17.1 Å². The Hall–Kier alpha value is -0.495. The van der Waals surface area contributed by atoms with Crippen LogP contribution >= 0.6 is 0 Å². The summed E-state index contributed by atoms with van der Waals surface area (Å²) in [5.74, 6) is 0.169. The fourth-order valence-electron chi connectivity index (χ4n) is 0.795. The van der Waals surface area contributed by atoms with E-state index in [1.54, 1.807) is 0 Å². The predicted molar refractivity (Wildman–Crippen MR) is 42.6 cm³/mol. The smallest absolute Gasteiger partial charge is 0.432 e. The number of nitrogen functional groups attached to an aromatic ring is 1. The zero-order chi connectivity index (χ0) is 7.84. The van der Waals surface area contributed by atoms with Crippen molar-refractivity contribution in [2.45, 2.75) is 0 Å². The number of nitrogens with two attached hydrogens (primary N) is 1. The third kappa shape index (κ3) is 1.49. The molecule has 56 valence electrons. The molecular weight excluding hydrogens is 363 g/mol. The minimum atomic E-state index is 0. The number of imidazole rings is 1. The second-order valence-electron chi connectivity index (χ2n) is 1.95. The Morgan fingerprint density at radius 3 is 3.00 bits per heavy atom. The molecule has 0 spiro atoms. The van der Waals surface area contributed by atoms with E-state index in [0.717, 1.165) is 0 Å². The maximum Gasteiger partial charge on any atom is 2.00 e. The van der Waals surface area contributed by atoms with E-state index in [9.17, 15) is 0 Å². The summed E-state index contributed by atoms with van der Waals surface area (Å²) in [6, 6.07) is 0. The Bertz CT molecular complexity index is 446. The molecule has 0 unspecified atom stereocenters. The summed E-state index contributed by atoms with van der Waals surface area (Å²) < 4.78 is 0.463. The summed E-state index contributed by atoms with van der Waals surface area (Å²) >= 11 is 4.05. The van der Waals surface area contributed by atoms with Gasteiger partial charge in [0.2, 0.25) is 0 Å². The van der Waals surface area contributed by atoms with Crippen LogP contribution in [-0.2, 0) is 39.9 Å². The van der Waals surface area contributed by atoms with Crippen molar-refractivity contribution >= 4 is 29.3 Å². The van der Waals surface area contributed by atoms with E-state index < -0.39 is 0 Å². The van der Waals surface area contributed by atoms with Gasteiger partial charge in [0.15, 0.2) is 12.2 Å². The van der Waals surface area contributed by atoms with Gasteiger partial charge in [-0.15, -0.1) is 0 Å². The van der Waals surface area contributed by atoms with E-state index in [1.165, 1.54) is 6.33 Å². The van der Waals surface area contributed by atoms with Gasteiger partial charge in [-0.1, -0.05) is 0 Å². The molecule has 7 heteroatoms. The third-order valence-electron chi connectivity index (χ3n) is 1.23. The molecule has 2 rings (SSSR count). The van der Waals surface area contributed by atoms with Gasteiger partial charge in [0.25, 0.3) is 4.64 Å². The molecule has 12 heavy (non-hydrogen) atoms. The Morgan fingerprint density at radius 2 is 2.25 bits per heavy atom. The quantitative estimate of drug-likeness (QED) is 0.278. The van der Waals surface area contributed by atoms with Crippen LogP contribution < -0.4 is 15.7 Å². The molecule has 0 fully saturated rings. The first-order valence-corrected chi connectivity index (χ1v) is 3.32. The van der Waals surface area contributed by atoms with Crippen LogP contribution in [0.1, 0.15) is 0 Å². The summed E-state index contributed by atoms with van der Waals surface area (Å²) in [6.07, 6.45) is 1.40. The van der Waals surface area contributed by atoms with Crippen molar-refractivity contribution in [3.8, 4) is 0 Å². The first-order chi connectivity index (χ1) is 5.27. The monoisotopic (exact) mass is 368 g/mol. The molecule has 2 aromatic rings. The molecule has 0 aromatic carbocycles. The van der Waals surface area contributed by atoms with Crippen molar-refractivity contribution in [2.75, 3.05) is 5.73 Å². The van der Waals surface area contributed by atoms with Crippen LogP contribution in [0.3, 0.4) is 0 Å². The fourth-order valence-corrected chi connectivity index (χ4v) is 1.05. The van der Waals surface area contributed by atoms with Crippen molar-refractivity contribution in [2.24, 2.45) is 0 Å². The number of rotatable bonds is 0. The number of hydrogen-bond acceptors (Lipinski definition) is 3. The maximum absolute atomic E-state index is 5.34. The number of hydrogen-bond donors (Lipinski definition) is 1. The molecule has 0 saturated heterocycles. The van der Waals surface area contributed by atoms with E-state index in [2.05, 4.69) is 32.2 Å². The zero-order valence-corrected chi connectivity index (χ0v) is 12.5. The van der Waals surface area contributed by atoms with E-state index in [1.807, 2.05) is 0 Å². The van der Waals surface area contributed by atoms with E-state index in [0.29, 0.717) is 15.8 Å². The molecule has 5 nitrogen and oxygen atoms in total. The van der Waals surface area contributed by atoms with Crippen LogP contribution in [0.15, 0.2) is 6.33 Å². The van der Waals surface area contributed by atoms with Crippen molar-refractivity contribution in [1.29, 1.82) is 0 Å². The Morgan fingerprint density at radius 1 is 1.50 bits per heavy atom. The largest absolute Gasteiger partial charge is 2.00 e. The molecule has 0 radical (unpaired) electrons. The summed E-state index contributed by atoms with van der Waals surface area (Å²) in [5.41, 5.74) is 6.42. The van der Waals surface area contributed by atoms with Crippen LogP contribution in [0.25, 0.3) is 11.2 Å². The molecule has 2 aromatic heterocycles.